The quantitative estimate of drug-likeness (QED) is 0.390. The number of carbonyl (C=O) groups is 1. The third kappa shape index (κ3) is 2.85. The molecule has 6 nitrogen and oxygen atoms in total. The summed E-state index contributed by atoms with van der Waals surface area (Å²) in [4.78, 5) is 18.1. The fraction of sp³-hybridized carbons (Fsp3) is 0.0909. The van der Waals surface area contributed by atoms with Gasteiger partial charge in [0.25, 0.3) is 0 Å². The Hall–Kier alpha value is -3.80. The average Bonchev–Trinajstić information content (AvgIpc) is 3.19. The van der Waals surface area contributed by atoms with Gasteiger partial charge in [-0.25, -0.2) is 4.79 Å². The molecule has 2 aliphatic heterocycles. The van der Waals surface area contributed by atoms with Crippen LogP contribution in [0, 0.1) is 0 Å². The Balaban J connectivity index is 1.40. The summed E-state index contributed by atoms with van der Waals surface area (Å²) in [6, 6.07) is 20.2. The van der Waals surface area contributed by atoms with Gasteiger partial charge in [-0.05, 0) is 30.3 Å². The van der Waals surface area contributed by atoms with E-state index in [0.717, 1.165) is 16.7 Å². The fourth-order valence-electron chi connectivity index (χ4n) is 3.35. The molecule has 28 heavy (non-hydrogen) atoms. The minimum absolute atomic E-state index is 0.202. The van der Waals surface area contributed by atoms with E-state index in [0.29, 0.717) is 23.0 Å². The molecule has 0 aromatic heterocycles. The van der Waals surface area contributed by atoms with Crippen molar-refractivity contribution in [1.82, 2.24) is 0 Å². The molecule has 0 saturated carbocycles. The van der Waals surface area contributed by atoms with Gasteiger partial charge in [-0.1, -0.05) is 41.6 Å². The van der Waals surface area contributed by atoms with Crippen molar-refractivity contribution in [2.75, 3.05) is 6.79 Å². The van der Waals surface area contributed by atoms with E-state index in [-0.39, 0.29) is 6.79 Å². The fourth-order valence-corrected chi connectivity index (χ4v) is 3.35. The molecule has 3 aromatic carbocycles. The molecule has 0 radical (unpaired) electrons. The Morgan fingerprint density at radius 1 is 0.893 bits per heavy atom. The van der Waals surface area contributed by atoms with Crippen molar-refractivity contribution in [3.8, 4) is 23.0 Å². The van der Waals surface area contributed by atoms with E-state index in [1.807, 2.05) is 54.6 Å². The molecule has 0 saturated heterocycles. The van der Waals surface area contributed by atoms with Gasteiger partial charge in [0.1, 0.15) is 17.4 Å². The molecule has 3 aromatic rings. The van der Waals surface area contributed by atoms with E-state index in [9.17, 15) is 4.79 Å². The molecular formula is C22H15NO5. The zero-order valence-electron chi connectivity index (χ0n) is 14.7. The van der Waals surface area contributed by atoms with Crippen molar-refractivity contribution in [1.29, 1.82) is 0 Å². The number of benzene rings is 3. The van der Waals surface area contributed by atoms with Crippen molar-refractivity contribution in [2.24, 2.45) is 5.16 Å². The Morgan fingerprint density at radius 2 is 1.57 bits per heavy atom. The van der Waals surface area contributed by atoms with Gasteiger partial charge in [0.2, 0.25) is 6.79 Å². The Bertz CT molecular complexity index is 1050. The summed E-state index contributed by atoms with van der Waals surface area (Å²) in [6.45, 7) is 0.202. The highest BCUT2D eigenvalue weighted by molar-refractivity contribution is 5.86. The van der Waals surface area contributed by atoms with E-state index in [1.54, 1.807) is 12.1 Å². The van der Waals surface area contributed by atoms with Crippen LogP contribution in [0.1, 0.15) is 22.6 Å². The predicted octanol–water partition coefficient (Wildman–Crippen LogP) is 4.23. The van der Waals surface area contributed by atoms with Gasteiger partial charge >= 0.3 is 5.97 Å². The van der Waals surface area contributed by atoms with Crippen LogP contribution >= 0.6 is 0 Å². The van der Waals surface area contributed by atoms with E-state index < -0.39 is 11.9 Å². The normalized spacial score (nSPS) is 14.3. The minimum Gasteiger partial charge on any atom is -0.457 e. The van der Waals surface area contributed by atoms with Crippen LogP contribution in [-0.4, -0.2) is 19.0 Å². The Labute approximate surface area is 160 Å². The van der Waals surface area contributed by atoms with Crippen LogP contribution < -0.4 is 14.2 Å². The van der Waals surface area contributed by atoms with Crippen LogP contribution in [0.15, 0.2) is 71.9 Å². The van der Waals surface area contributed by atoms with Crippen LogP contribution in [0.5, 0.6) is 23.0 Å². The number of para-hydroxylation sites is 2. The average molecular weight is 373 g/mol. The molecule has 2 aliphatic rings. The lowest BCUT2D eigenvalue weighted by atomic mass is 9.88. The maximum absolute atomic E-state index is 12.9. The van der Waals surface area contributed by atoms with Crippen LogP contribution in [0.2, 0.25) is 0 Å². The van der Waals surface area contributed by atoms with Crippen LogP contribution in [0.3, 0.4) is 0 Å². The van der Waals surface area contributed by atoms with Gasteiger partial charge < -0.3 is 19.0 Å². The smallest absolute Gasteiger partial charge is 0.347 e. The summed E-state index contributed by atoms with van der Waals surface area (Å²) < 4.78 is 16.5. The lowest BCUT2D eigenvalue weighted by molar-refractivity contribution is -0.144. The molecule has 6 heteroatoms. The molecule has 138 valence electrons. The van der Waals surface area contributed by atoms with Crippen LogP contribution in [-0.2, 0) is 9.63 Å². The standard InChI is InChI=1S/C22H15NO5/c24-22(28-23-12-14-9-10-19-20(11-14)26-13-25-19)21-15-5-1-3-7-17(15)27-18-8-4-2-6-16(18)21/h1-12,21H,13H2/b23-12-. The first-order valence-corrected chi connectivity index (χ1v) is 8.79. The van der Waals surface area contributed by atoms with Crippen molar-refractivity contribution >= 4 is 12.2 Å². The number of hydrogen-bond acceptors (Lipinski definition) is 6. The highest BCUT2D eigenvalue weighted by Crippen LogP contribution is 2.44. The highest BCUT2D eigenvalue weighted by Gasteiger charge is 2.33. The third-order valence-corrected chi connectivity index (χ3v) is 4.66. The summed E-state index contributed by atoms with van der Waals surface area (Å²) >= 11 is 0. The Morgan fingerprint density at radius 3 is 2.32 bits per heavy atom. The van der Waals surface area contributed by atoms with E-state index in [1.165, 1.54) is 6.21 Å². The first kappa shape index (κ1) is 16.4. The summed E-state index contributed by atoms with van der Waals surface area (Å²) in [5, 5.41) is 3.88. The molecule has 0 fully saturated rings. The lowest BCUT2D eigenvalue weighted by Gasteiger charge is -2.25. The van der Waals surface area contributed by atoms with Gasteiger partial charge in [0.05, 0.1) is 6.21 Å². The summed E-state index contributed by atoms with van der Waals surface area (Å²) in [7, 11) is 0. The van der Waals surface area contributed by atoms with Crippen molar-refractivity contribution in [3.05, 3.63) is 83.4 Å². The summed E-state index contributed by atoms with van der Waals surface area (Å²) in [5.74, 6) is 1.54. The topological polar surface area (TPSA) is 66.4 Å². The molecule has 0 N–H and O–H groups in total. The molecule has 0 aliphatic carbocycles. The maximum Gasteiger partial charge on any atom is 0.347 e. The second kappa shape index (κ2) is 6.74. The maximum atomic E-state index is 12.9. The number of nitrogens with zero attached hydrogens (tertiary/aromatic N) is 1. The molecule has 0 spiro atoms. The lowest BCUT2D eigenvalue weighted by Crippen LogP contribution is -2.19. The van der Waals surface area contributed by atoms with Crippen molar-refractivity contribution in [3.63, 3.8) is 0 Å². The number of ether oxygens (including phenoxy) is 3. The van der Waals surface area contributed by atoms with Gasteiger partial charge in [-0.15, -0.1) is 0 Å². The minimum atomic E-state index is -0.602. The number of fused-ring (bicyclic) bond motifs is 3. The monoisotopic (exact) mass is 373 g/mol. The molecule has 0 atom stereocenters. The van der Waals surface area contributed by atoms with E-state index in [4.69, 9.17) is 19.0 Å². The zero-order valence-corrected chi connectivity index (χ0v) is 14.7. The van der Waals surface area contributed by atoms with Gasteiger partial charge in [0, 0.05) is 16.7 Å². The number of carbonyl (C=O) groups excluding carboxylic acids is 1. The van der Waals surface area contributed by atoms with Crippen molar-refractivity contribution in [2.45, 2.75) is 5.92 Å². The van der Waals surface area contributed by atoms with E-state index >= 15 is 0 Å². The van der Waals surface area contributed by atoms with E-state index in [2.05, 4.69) is 5.16 Å². The molecular weight excluding hydrogens is 358 g/mol. The van der Waals surface area contributed by atoms with Crippen LogP contribution in [0.25, 0.3) is 0 Å². The zero-order chi connectivity index (χ0) is 18.9. The second-order valence-corrected chi connectivity index (χ2v) is 6.37. The summed E-state index contributed by atoms with van der Waals surface area (Å²) in [6.07, 6.45) is 1.47. The molecule has 0 amide bonds. The SMILES string of the molecule is O=C(O/N=C\c1ccc2c(c1)OCO2)C1c2ccccc2Oc2ccccc21. The van der Waals surface area contributed by atoms with Crippen LogP contribution in [0.4, 0.5) is 0 Å². The summed E-state index contributed by atoms with van der Waals surface area (Å²) in [5.41, 5.74) is 2.25. The number of oxime groups is 1. The molecule has 0 unspecified atom stereocenters. The van der Waals surface area contributed by atoms with Crippen molar-refractivity contribution < 1.29 is 23.8 Å². The molecule has 0 bridgehead atoms. The Kier molecular flexibility index (Phi) is 3.94. The second-order valence-electron chi connectivity index (χ2n) is 6.37. The number of rotatable bonds is 3. The highest BCUT2D eigenvalue weighted by atomic mass is 16.7. The first-order chi connectivity index (χ1) is 13.8. The van der Waals surface area contributed by atoms with Gasteiger partial charge in [-0.3, -0.25) is 0 Å². The number of hydrogen-bond donors (Lipinski definition) is 0. The molecule has 5 rings (SSSR count). The largest absolute Gasteiger partial charge is 0.457 e. The van der Waals surface area contributed by atoms with Gasteiger partial charge in [0.15, 0.2) is 11.5 Å². The predicted molar refractivity (Wildman–Crippen MR) is 101 cm³/mol. The third-order valence-electron chi connectivity index (χ3n) is 4.66. The first-order valence-electron chi connectivity index (χ1n) is 8.79. The van der Waals surface area contributed by atoms with Gasteiger partial charge in [-0.2, -0.15) is 0 Å². The molecule has 2 heterocycles.